The third kappa shape index (κ3) is 3.08. The quantitative estimate of drug-likeness (QED) is 0.676. The lowest BCUT2D eigenvalue weighted by Crippen LogP contribution is -2.29. The van der Waals surface area contributed by atoms with Crippen LogP contribution in [0, 0.1) is 11.8 Å². The third-order valence-electron chi connectivity index (χ3n) is 1.49. The summed E-state index contributed by atoms with van der Waals surface area (Å²) in [6.45, 7) is 3.69. The van der Waals surface area contributed by atoms with Gasteiger partial charge in [-0.1, -0.05) is 5.92 Å². The zero-order chi connectivity index (χ0) is 10.6. The molecule has 1 aromatic rings. The predicted molar refractivity (Wildman–Crippen MR) is 55.9 cm³/mol. The maximum Gasteiger partial charge on any atom is 0.155 e. The average Bonchev–Trinajstić information content (AvgIpc) is 2.14. The Morgan fingerprint density at radius 2 is 2.21 bits per heavy atom. The molecular formula is C11H14N2O. The zero-order valence-corrected chi connectivity index (χ0v) is 8.66. The first kappa shape index (κ1) is 10.6. The van der Waals surface area contributed by atoms with Gasteiger partial charge in [0.05, 0.1) is 12.6 Å². The van der Waals surface area contributed by atoms with Gasteiger partial charge in [0.2, 0.25) is 0 Å². The lowest BCUT2D eigenvalue weighted by atomic mass is 10.1. The topological polar surface area (TPSA) is 48.1 Å². The summed E-state index contributed by atoms with van der Waals surface area (Å²) in [4.78, 5) is 4.10. The second-order valence-corrected chi connectivity index (χ2v) is 3.53. The summed E-state index contributed by atoms with van der Waals surface area (Å²) in [5.41, 5.74) is 5.84. The van der Waals surface area contributed by atoms with Crippen LogP contribution in [0.15, 0.2) is 18.3 Å². The van der Waals surface area contributed by atoms with E-state index in [1.807, 2.05) is 19.9 Å². The van der Waals surface area contributed by atoms with Crippen molar-refractivity contribution in [2.75, 3.05) is 7.11 Å². The van der Waals surface area contributed by atoms with Gasteiger partial charge in [-0.15, -0.1) is 0 Å². The van der Waals surface area contributed by atoms with Gasteiger partial charge in [0.15, 0.2) is 11.4 Å². The smallest absolute Gasteiger partial charge is 0.155 e. The number of nitrogens with two attached hydrogens (primary N) is 1. The highest BCUT2D eigenvalue weighted by molar-refractivity contribution is 5.41. The molecule has 2 N–H and O–H groups in total. The van der Waals surface area contributed by atoms with Gasteiger partial charge < -0.3 is 10.5 Å². The fourth-order valence-corrected chi connectivity index (χ4v) is 0.869. The summed E-state index contributed by atoms with van der Waals surface area (Å²) >= 11 is 0. The van der Waals surface area contributed by atoms with Gasteiger partial charge in [0.1, 0.15) is 0 Å². The number of pyridine rings is 1. The summed E-state index contributed by atoms with van der Waals surface area (Å²) in [5.74, 6) is 6.46. The van der Waals surface area contributed by atoms with Crippen molar-refractivity contribution < 1.29 is 4.74 Å². The van der Waals surface area contributed by atoms with Crippen LogP contribution in [0.5, 0.6) is 5.75 Å². The minimum absolute atomic E-state index is 0.511. The fraction of sp³-hybridized carbons (Fsp3) is 0.364. The Labute approximate surface area is 84.3 Å². The molecule has 0 spiro atoms. The molecular weight excluding hydrogens is 176 g/mol. The van der Waals surface area contributed by atoms with Crippen molar-refractivity contribution >= 4 is 0 Å². The van der Waals surface area contributed by atoms with Gasteiger partial charge in [-0.25, -0.2) is 4.98 Å². The molecule has 0 radical (unpaired) electrons. The van der Waals surface area contributed by atoms with Crippen LogP contribution in [0.1, 0.15) is 19.5 Å². The minimum atomic E-state index is -0.511. The minimum Gasteiger partial charge on any atom is -0.494 e. The molecule has 14 heavy (non-hydrogen) atoms. The largest absolute Gasteiger partial charge is 0.494 e. The molecule has 0 saturated heterocycles. The van der Waals surface area contributed by atoms with Crippen LogP contribution >= 0.6 is 0 Å². The summed E-state index contributed by atoms with van der Waals surface area (Å²) in [5, 5.41) is 0. The normalized spacial score (nSPS) is 10.3. The van der Waals surface area contributed by atoms with Gasteiger partial charge in [0, 0.05) is 6.20 Å². The summed E-state index contributed by atoms with van der Waals surface area (Å²) in [7, 11) is 1.59. The Kier molecular flexibility index (Phi) is 3.10. The second-order valence-electron chi connectivity index (χ2n) is 3.53. The molecule has 0 aliphatic rings. The number of rotatable bonds is 1. The molecule has 0 fully saturated rings. The van der Waals surface area contributed by atoms with Crippen molar-refractivity contribution in [3.63, 3.8) is 0 Å². The highest BCUT2D eigenvalue weighted by Gasteiger charge is 2.05. The Bertz CT molecular complexity index is 369. The first-order valence-corrected chi connectivity index (χ1v) is 4.34. The van der Waals surface area contributed by atoms with Gasteiger partial charge in [-0.05, 0) is 31.9 Å². The second kappa shape index (κ2) is 4.12. The van der Waals surface area contributed by atoms with Crippen LogP contribution in [-0.2, 0) is 0 Å². The molecule has 0 atom stereocenters. The van der Waals surface area contributed by atoms with Crippen LogP contribution in [0.2, 0.25) is 0 Å². The van der Waals surface area contributed by atoms with E-state index in [1.54, 1.807) is 19.4 Å². The molecule has 3 nitrogen and oxygen atoms in total. The molecule has 0 aliphatic carbocycles. The van der Waals surface area contributed by atoms with E-state index in [0.717, 1.165) is 0 Å². The summed E-state index contributed by atoms with van der Waals surface area (Å²) in [6.07, 6.45) is 1.68. The van der Waals surface area contributed by atoms with Gasteiger partial charge in [-0.2, -0.15) is 0 Å². The van der Waals surface area contributed by atoms with E-state index in [-0.39, 0.29) is 0 Å². The van der Waals surface area contributed by atoms with E-state index in [1.165, 1.54) is 0 Å². The summed E-state index contributed by atoms with van der Waals surface area (Å²) in [6, 6.07) is 3.62. The monoisotopic (exact) mass is 190 g/mol. The molecule has 3 heteroatoms. The van der Waals surface area contributed by atoms with E-state index < -0.39 is 5.54 Å². The van der Waals surface area contributed by atoms with E-state index in [2.05, 4.69) is 16.8 Å². The molecule has 74 valence electrons. The van der Waals surface area contributed by atoms with Crippen molar-refractivity contribution in [2.45, 2.75) is 19.4 Å². The Balaban J connectivity index is 3.00. The molecule has 0 aliphatic heterocycles. The molecule has 1 aromatic heterocycles. The standard InChI is InChI=1S/C11H14N2O/c1-11(2,12)7-6-9-10(14-3)5-4-8-13-9/h4-5,8H,12H2,1-3H3. The maximum atomic E-state index is 5.73. The van der Waals surface area contributed by atoms with Gasteiger partial charge >= 0.3 is 0 Å². The van der Waals surface area contributed by atoms with Crippen molar-refractivity contribution in [1.82, 2.24) is 4.98 Å². The van der Waals surface area contributed by atoms with E-state index in [0.29, 0.717) is 11.4 Å². The maximum absolute atomic E-state index is 5.73. The number of nitrogens with zero attached hydrogens (tertiary/aromatic N) is 1. The van der Waals surface area contributed by atoms with Crippen LogP contribution in [-0.4, -0.2) is 17.6 Å². The molecule has 0 saturated carbocycles. The zero-order valence-electron chi connectivity index (χ0n) is 8.66. The lowest BCUT2D eigenvalue weighted by molar-refractivity contribution is 0.411. The Morgan fingerprint density at radius 3 is 2.79 bits per heavy atom. The molecule has 0 bridgehead atoms. The summed E-state index contributed by atoms with van der Waals surface area (Å²) < 4.78 is 5.10. The first-order valence-electron chi connectivity index (χ1n) is 4.34. The van der Waals surface area contributed by atoms with Gasteiger partial charge in [0.25, 0.3) is 0 Å². The average molecular weight is 190 g/mol. The number of hydrogen-bond donors (Lipinski definition) is 1. The number of ether oxygens (including phenoxy) is 1. The van der Waals surface area contributed by atoms with Gasteiger partial charge in [-0.3, -0.25) is 0 Å². The third-order valence-corrected chi connectivity index (χ3v) is 1.49. The van der Waals surface area contributed by atoms with Crippen molar-refractivity contribution in [3.8, 4) is 17.6 Å². The fourth-order valence-electron chi connectivity index (χ4n) is 0.869. The van der Waals surface area contributed by atoms with E-state index in [9.17, 15) is 0 Å². The predicted octanol–water partition coefficient (Wildman–Crippen LogP) is 1.18. The highest BCUT2D eigenvalue weighted by atomic mass is 16.5. The highest BCUT2D eigenvalue weighted by Crippen LogP contribution is 2.12. The number of aromatic nitrogens is 1. The van der Waals surface area contributed by atoms with Crippen LogP contribution < -0.4 is 10.5 Å². The van der Waals surface area contributed by atoms with Crippen molar-refractivity contribution in [1.29, 1.82) is 0 Å². The molecule has 1 rings (SSSR count). The SMILES string of the molecule is COc1cccnc1C#CC(C)(C)N. The molecule has 0 amide bonds. The van der Waals surface area contributed by atoms with Crippen LogP contribution in [0.25, 0.3) is 0 Å². The molecule has 0 aromatic carbocycles. The first-order chi connectivity index (χ1) is 6.53. The molecule has 1 heterocycles. The number of methoxy groups -OCH3 is 1. The van der Waals surface area contributed by atoms with E-state index >= 15 is 0 Å². The molecule has 0 unspecified atom stereocenters. The Hall–Kier alpha value is -1.53. The van der Waals surface area contributed by atoms with Crippen LogP contribution in [0.4, 0.5) is 0 Å². The van der Waals surface area contributed by atoms with Crippen LogP contribution in [0.3, 0.4) is 0 Å². The van der Waals surface area contributed by atoms with Crippen molar-refractivity contribution in [3.05, 3.63) is 24.0 Å². The van der Waals surface area contributed by atoms with Crippen molar-refractivity contribution in [2.24, 2.45) is 5.73 Å². The van der Waals surface area contributed by atoms with E-state index in [4.69, 9.17) is 10.5 Å². The number of hydrogen-bond acceptors (Lipinski definition) is 3. The lowest BCUT2D eigenvalue weighted by Gasteiger charge is -2.07. The Morgan fingerprint density at radius 1 is 1.50 bits per heavy atom.